The van der Waals surface area contributed by atoms with Gasteiger partial charge in [-0.3, -0.25) is 5.32 Å². The first-order valence-corrected chi connectivity index (χ1v) is 7.47. The van der Waals surface area contributed by atoms with Crippen LogP contribution in [0.1, 0.15) is 39.0 Å². The molecule has 2 aliphatic carbocycles. The molecule has 4 nitrogen and oxygen atoms in total. The molecule has 0 aromatic heterocycles. The minimum atomic E-state index is -4.24. The van der Waals surface area contributed by atoms with E-state index in [1.165, 1.54) is 0 Å². The monoisotopic (exact) mass is 309 g/mol. The Kier molecular flexibility index (Phi) is 5.14. The molecule has 0 spiro atoms. The lowest BCUT2D eigenvalue weighted by atomic mass is 9.93. The fraction of sp³-hybridized carbons (Fsp3) is 0.929. The van der Waals surface area contributed by atoms with E-state index in [1.807, 2.05) is 0 Å². The molecule has 21 heavy (non-hydrogen) atoms. The van der Waals surface area contributed by atoms with Crippen LogP contribution in [0.3, 0.4) is 0 Å². The lowest BCUT2D eigenvalue weighted by molar-refractivity contribution is -0.159. The van der Waals surface area contributed by atoms with Gasteiger partial charge in [0, 0.05) is 6.04 Å². The summed E-state index contributed by atoms with van der Waals surface area (Å²) in [6.45, 7) is 1.49. The van der Waals surface area contributed by atoms with Crippen molar-refractivity contribution in [1.82, 2.24) is 5.32 Å². The molecule has 0 aromatic rings. The fourth-order valence-corrected chi connectivity index (χ4v) is 2.41. The normalized spacial score (nSPS) is 21.9. The van der Waals surface area contributed by atoms with Gasteiger partial charge in [-0.05, 0) is 38.5 Å². The molecule has 1 N–H and O–H groups in total. The summed E-state index contributed by atoms with van der Waals surface area (Å²) in [4.78, 5) is 12.3. The van der Waals surface area contributed by atoms with E-state index < -0.39 is 30.7 Å². The highest BCUT2D eigenvalue weighted by atomic mass is 19.4. The highest BCUT2D eigenvalue weighted by Gasteiger charge is 2.54. The summed E-state index contributed by atoms with van der Waals surface area (Å²) in [5.74, 6) is -0.297. The summed E-state index contributed by atoms with van der Waals surface area (Å²) in [5, 5.41) is 3.27. The molecular formula is C14H22F3NO3. The number of alkyl halides is 3. The molecule has 0 aromatic carbocycles. The second-order valence-electron chi connectivity index (χ2n) is 5.80. The predicted octanol–water partition coefficient (Wildman–Crippen LogP) is 2.42. The van der Waals surface area contributed by atoms with E-state index in [2.05, 4.69) is 5.32 Å². The lowest BCUT2D eigenvalue weighted by Gasteiger charge is -2.32. The van der Waals surface area contributed by atoms with Crippen LogP contribution < -0.4 is 5.32 Å². The van der Waals surface area contributed by atoms with Crippen molar-refractivity contribution in [1.29, 1.82) is 0 Å². The topological polar surface area (TPSA) is 47.6 Å². The molecule has 2 saturated carbocycles. The average molecular weight is 309 g/mol. The van der Waals surface area contributed by atoms with Gasteiger partial charge < -0.3 is 9.47 Å². The van der Waals surface area contributed by atoms with E-state index in [9.17, 15) is 18.0 Å². The molecule has 7 heteroatoms. The zero-order valence-electron chi connectivity index (χ0n) is 12.2. The largest absolute Gasteiger partial charge is 0.465 e. The number of carbonyl (C=O) groups excluding carboxylic acids is 1. The van der Waals surface area contributed by atoms with Gasteiger partial charge in [0.25, 0.3) is 0 Å². The van der Waals surface area contributed by atoms with E-state index in [1.54, 1.807) is 6.92 Å². The zero-order chi connectivity index (χ0) is 15.5. The molecule has 2 aliphatic rings. The molecule has 1 unspecified atom stereocenters. The van der Waals surface area contributed by atoms with Crippen LogP contribution in [0.4, 0.5) is 13.2 Å². The van der Waals surface area contributed by atoms with Crippen LogP contribution >= 0.6 is 0 Å². The molecule has 0 radical (unpaired) electrons. The molecule has 1 atom stereocenters. The van der Waals surface area contributed by atoms with Gasteiger partial charge in [0.15, 0.2) is 0 Å². The van der Waals surface area contributed by atoms with Crippen LogP contribution in [0.25, 0.3) is 0 Å². The maximum atomic E-state index is 12.3. The van der Waals surface area contributed by atoms with Gasteiger partial charge in [0.1, 0.15) is 5.54 Å². The summed E-state index contributed by atoms with van der Waals surface area (Å²) in [6, 6.07) is 0.251. The van der Waals surface area contributed by atoms with Gasteiger partial charge in [-0.1, -0.05) is 0 Å². The Bertz CT molecular complexity index is 367. The van der Waals surface area contributed by atoms with E-state index in [0.717, 1.165) is 25.7 Å². The highest BCUT2D eigenvalue weighted by molar-refractivity contribution is 5.82. The van der Waals surface area contributed by atoms with Crippen molar-refractivity contribution in [3.63, 3.8) is 0 Å². The molecule has 0 bridgehead atoms. The summed E-state index contributed by atoms with van der Waals surface area (Å²) in [5.41, 5.74) is -0.969. The van der Waals surface area contributed by atoms with Gasteiger partial charge in [-0.15, -0.1) is 0 Å². The molecule has 0 amide bonds. The highest BCUT2D eigenvalue weighted by Crippen LogP contribution is 2.42. The van der Waals surface area contributed by atoms with Crippen molar-refractivity contribution < 1.29 is 27.4 Å². The number of nitrogens with one attached hydrogen (secondary N) is 1. The number of carbonyl (C=O) groups is 1. The maximum Gasteiger partial charge on any atom is 0.391 e. The first kappa shape index (κ1) is 16.5. The number of rotatable bonds is 9. The molecule has 0 aliphatic heterocycles. The number of halogens is 3. The Balaban J connectivity index is 1.94. The third-order valence-electron chi connectivity index (χ3n) is 3.81. The molecule has 2 fully saturated rings. The summed E-state index contributed by atoms with van der Waals surface area (Å²) < 4.78 is 46.8. The van der Waals surface area contributed by atoms with E-state index in [4.69, 9.17) is 9.47 Å². The molecule has 122 valence electrons. The van der Waals surface area contributed by atoms with Gasteiger partial charge in [0.2, 0.25) is 0 Å². The predicted molar refractivity (Wildman–Crippen MR) is 69.7 cm³/mol. The zero-order valence-corrected chi connectivity index (χ0v) is 12.2. The summed E-state index contributed by atoms with van der Waals surface area (Å²) >= 11 is 0. The molecular weight excluding hydrogens is 287 g/mol. The third-order valence-corrected chi connectivity index (χ3v) is 3.81. The minimum Gasteiger partial charge on any atom is -0.465 e. The van der Waals surface area contributed by atoms with E-state index in [-0.39, 0.29) is 25.2 Å². The van der Waals surface area contributed by atoms with Crippen LogP contribution in [-0.2, 0) is 14.3 Å². The first-order valence-electron chi connectivity index (χ1n) is 7.47. The van der Waals surface area contributed by atoms with Crippen molar-refractivity contribution >= 4 is 5.97 Å². The van der Waals surface area contributed by atoms with Crippen molar-refractivity contribution in [2.24, 2.45) is 5.92 Å². The summed E-state index contributed by atoms with van der Waals surface area (Å²) in [7, 11) is 0. The Labute approximate surface area is 122 Å². The van der Waals surface area contributed by atoms with Crippen molar-refractivity contribution in [3.8, 4) is 0 Å². The number of esters is 1. The van der Waals surface area contributed by atoms with Gasteiger partial charge in [-0.2, -0.15) is 13.2 Å². The lowest BCUT2D eigenvalue weighted by Crippen LogP contribution is -2.59. The molecule has 0 heterocycles. The standard InChI is InChI=1S/C14H22F3NO3/c1-2-21-12(19)13(10-3-4-10,18-11-5-6-11)9-20-8-7-14(15,16)17/h10-11,18H,2-9H2,1H3. The Morgan fingerprint density at radius 2 is 1.90 bits per heavy atom. The molecule has 0 saturated heterocycles. The Morgan fingerprint density at radius 3 is 2.38 bits per heavy atom. The number of ether oxygens (including phenoxy) is 2. The second kappa shape index (κ2) is 6.52. The fourth-order valence-electron chi connectivity index (χ4n) is 2.41. The van der Waals surface area contributed by atoms with Crippen molar-refractivity contribution in [3.05, 3.63) is 0 Å². The van der Waals surface area contributed by atoms with Crippen LogP contribution in [0, 0.1) is 5.92 Å². The first-order chi connectivity index (χ1) is 9.87. The summed E-state index contributed by atoms with van der Waals surface area (Å²) in [6.07, 6.45) is -1.52. The molecule has 2 rings (SSSR count). The maximum absolute atomic E-state index is 12.3. The number of hydrogen-bond donors (Lipinski definition) is 1. The average Bonchev–Trinajstić information content (AvgIpc) is 3.25. The SMILES string of the molecule is CCOC(=O)C(COCCC(F)(F)F)(NC1CC1)C1CC1. The quantitative estimate of drug-likeness (QED) is 0.525. The van der Waals surface area contributed by atoms with E-state index in [0.29, 0.717) is 0 Å². The Hall–Kier alpha value is -0.820. The smallest absolute Gasteiger partial charge is 0.391 e. The van der Waals surface area contributed by atoms with Crippen LogP contribution in [0.5, 0.6) is 0 Å². The van der Waals surface area contributed by atoms with Crippen LogP contribution in [0.15, 0.2) is 0 Å². The van der Waals surface area contributed by atoms with Gasteiger partial charge in [0.05, 0.1) is 26.2 Å². The van der Waals surface area contributed by atoms with Crippen LogP contribution in [0.2, 0.25) is 0 Å². The second-order valence-corrected chi connectivity index (χ2v) is 5.80. The van der Waals surface area contributed by atoms with Gasteiger partial charge >= 0.3 is 12.1 Å². The minimum absolute atomic E-state index is 0.0525. The van der Waals surface area contributed by atoms with Crippen LogP contribution in [-0.4, -0.2) is 43.5 Å². The van der Waals surface area contributed by atoms with E-state index >= 15 is 0 Å². The van der Waals surface area contributed by atoms with Crippen molar-refractivity contribution in [2.45, 2.75) is 56.8 Å². The van der Waals surface area contributed by atoms with Crippen molar-refractivity contribution in [2.75, 3.05) is 19.8 Å². The number of hydrogen-bond acceptors (Lipinski definition) is 4. The Morgan fingerprint density at radius 1 is 1.24 bits per heavy atom. The third kappa shape index (κ3) is 4.85. The van der Waals surface area contributed by atoms with Gasteiger partial charge in [-0.25, -0.2) is 4.79 Å².